The first-order valence-electron chi connectivity index (χ1n) is 8.59. The van der Waals surface area contributed by atoms with Crippen LogP contribution in [0.5, 0.6) is 0 Å². The molecule has 6 nitrogen and oxygen atoms in total. The van der Waals surface area contributed by atoms with E-state index in [4.69, 9.17) is 4.52 Å². The molecule has 0 aliphatic carbocycles. The van der Waals surface area contributed by atoms with Crippen LogP contribution in [0.3, 0.4) is 0 Å². The molecule has 1 atom stereocenters. The zero-order valence-corrected chi connectivity index (χ0v) is 16.1. The maximum atomic E-state index is 12.3. The van der Waals surface area contributed by atoms with E-state index in [0.717, 1.165) is 12.0 Å². The summed E-state index contributed by atoms with van der Waals surface area (Å²) in [6.45, 7) is 6.02. The minimum atomic E-state index is -0.210. The SMILES string of the molecule is Cc1cc(NC(=O)CSCC(=O)NC(CC(C)C)c2ccccc2)no1. The molecule has 1 aromatic heterocycles. The number of thioether (sulfide) groups is 1. The summed E-state index contributed by atoms with van der Waals surface area (Å²) in [5, 5.41) is 9.41. The van der Waals surface area contributed by atoms with Crippen LogP contribution in [-0.4, -0.2) is 28.5 Å². The molecule has 2 amide bonds. The molecule has 0 radical (unpaired) electrons. The van der Waals surface area contributed by atoms with Gasteiger partial charge in [-0.3, -0.25) is 9.59 Å². The Hall–Kier alpha value is -2.28. The lowest BCUT2D eigenvalue weighted by atomic mass is 9.97. The number of anilines is 1. The molecule has 1 heterocycles. The first kappa shape index (κ1) is 20.0. The van der Waals surface area contributed by atoms with Crippen LogP contribution in [0.2, 0.25) is 0 Å². The van der Waals surface area contributed by atoms with Gasteiger partial charge in [-0.1, -0.05) is 49.3 Å². The van der Waals surface area contributed by atoms with Gasteiger partial charge in [0.15, 0.2) is 5.82 Å². The zero-order valence-electron chi connectivity index (χ0n) is 15.3. The van der Waals surface area contributed by atoms with Gasteiger partial charge in [-0.05, 0) is 24.8 Å². The van der Waals surface area contributed by atoms with Crippen LogP contribution in [-0.2, 0) is 9.59 Å². The van der Waals surface area contributed by atoms with Crippen LogP contribution < -0.4 is 10.6 Å². The summed E-state index contributed by atoms with van der Waals surface area (Å²) >= 11 is 1.27. The first-order chi connectivity index (χ1) is 12.4. The van der Waals surface area contributed by atoms with Crippen molar-refractivity contribution in [3.8, 4) is 0 Å². The highest BCUT2D eigenvalue weighted by Crippen LogP contribution is 2.21. The Morgan fingerprint density at radius 2 is 1.85 bits per heavy atom. The van der Waals surface area contributed by atoms with Crippen LogP contribution in [0.25, 0.3) is 0 Å². The van der Waals surface area contributed by atoms with Crippen molar-refractivity contribution in [1.29, 1.82) is 0 Å². The Balaban J connectivity index is 1.77. The normalized spacial score (nSPS) is 12.0. The number of carbonyl (C=O) groups is 2. The van der Waals surface area contributed by atoms with Crippen molar-refractivity contribution in [1.82, 2.24) is 10.5 Å². The number of hydrogen-bond donors (Lipinski definition) is 2. The number of nitrogens with one attached hydrogen (secondary N) is 2. The smallest absolute Gasteiger partial charge is 0.235 e. The van der Waals surface area contributed by atoms with Crippen LogP contribution in [0.4, 0.5) is 5.82 Å². The predicted octanol–water partition coefficient (Wildman–Crippen LogP) is 3.56. The van der Waals surface area contributed by atoms with Gasteiger partial charge in [0.25, 0.3) is 0 Å². The third-order valence-electron chi connectivity index (χ3n) is 3.61. The molecule has 0 aliphatic heterocycles. The summed E-state index contributed by atoms with van der Waals surface area (Å²) in [5.41, 5.74) is 1.10. The van der Waals surface area contributed by atoms with Crippen LogP contribution >= 0.6 is 11.8 Å². The second-order valence-corrected chi connectivity index (χ2v) is 7.51. The second-order valence-electron chi connectivity index (χ2n) is 6.52. The molecule has 2 N–H and O–H groups in total. The molecule has 0 bridgehead atoms. The van der Waals surface area contributed by atoms with Crippen molar-refractivity contribution in [3.05, 3.63) is 47.7 Å². The molecule has 2 rings (SSSR count). The molecule has 1 aromatic carbocycles. The third kappa shape index (κ3) is 6.92. The van der Waals surface area contributed by atoms with Gasteiger partial charge in [-0.25, -0.2) is 0 Å². The van der Waals surface area contributed by atoms with E-state index in [1.807, 2.05) is 30.3 Å². The molecular formula is C19H25N3O3S. The maximum absolute atomic E-state index is 12.3. The fraction of sp³-hybridized carbons (Fsp3) is 0.421. The number of aryl methyl sites for hydroxylation is 1. The quantitative estimate of drug-likeness (QED) is 0.700. The van der Waals surface area contributed by atoms with Gasteiger partial charge in [0.1, 0.15) is 5.76 Å². The summed E-state index contributed by atoms with van der Waals surface area (Å²) in [6, 6.07) is 11.6. The summed E-state index contributed by atoms with van der Waals surface area (Å²) in [4.78, 5) is 24.1. The summed E-state index contributed by atoms with van der Waals surface area (Å²) < 4.78 is 4.89. The Bertz CT molecular complexity index is 716. The zero-order chi connectivity index (χ0) is 18.9. The van der Waals surface area contributed by atoms with E-state index in [1.54, 1.807) is 13.0 Å². The van der Waals surface area contributed by atoms with Gasteiger partial charge in [0.2, 0.25) is 11.8 Å². The highest BCUT2D eigenvalue weighted by Gasteiger charge is 2.16. The first-order valence-corrected chi connectivity index (χ1v) is 9.74. The minimum Gasteiger partial charge on any atom is -0.360 e. The molecule has 0 spiro atoms. The van der Waals surface area contributed by atoms with Crippen LogP contribution in [0.1, 0.15) is 37.6 Å². The van der Waals surface area contributed by atoms with Crippen molar-refractivity contribution < 1.29 is 14.1 Å². The van der Waals surface area contributed by atoms with E-state index < -0.39 is 0 Å². The van der Waals surface area contributed by atoms with E-state index in [9.17, 15) is 9.59 Å². The number of benzene rings is 1. The molecule has 0 aliphatic rings. The highest BCUT2D eigenvalue weighted by atomic mass is 32.2. The molecule has 0 saturated carbocycles. The van der Waals surface area contributed by atoms with Crippen molar-refractivity contribution in [3.63, 3.8) is 0 Å². The molecule has 2 aromatic rings. The monoisotopic (exact) mass is 375 g/mol. The van der Waals surface area contributed by atoms with Crippen molar-refractivity contribution in [2.75, 3.05) is 16.8 Å². The van der Waals surface area contributed by atoms with E-state index in [0.29, 0.717) is 17.5 Å². The van der Waals surface area contributed by atoms with Gasteiger partial charge in [-0.2, -0.15) is 0 Å². The number of amides is 2. The fourth-order valence-electron chi connectivity index (χ4n) is 2.51. The summed E-state index contributed by atoms with van der Waals surface area (Å²) in [5.74, 6) is 1.60. The van der Waals surface area contributed by atoms with E-state index in [2.05, 4.69) is 29.6 Å². The maximum Gasteiger partial charge on any atom is 0.235 e. The Kier molecular flexibility index (Phi) is 7.72. The van der Waals surface area contributed by atoms with Gasteiger partial charge < -0.3 is 15.2 Å². The molecular weight excluding hydrogens is 350 g/mol. The Morgan fingerprint density at radius 3 is 2.46 bits per heavy atom. The fourth-order valence-corrected chi connectivity index (χ4v) is 3.14. The lowest BCUT2D eigenvalue weighted by molar-refractivity contribution is -0.119. The summed E-state index contributed by atoms with van der Waals surface area (Å²) in [6.07, 6.45) is 0.867. The average molecular weight is 375 g/mol. The van der Waals surface area contributed by atoms with Crippen molar-refractivity contribution in [2.45, 2.75) is 33.2 Å². The molecule has 1 unspecified atom stereocenters. The van der Waals surface area contributed by atoms with Gasteiger partial charge >= 0.3 is 0 Å². The molecule has 7 heteroatoms. The lowest BCUT2D eigenvalue weighted by Crippen LogP contribution is -2.31. The Morgan fingerprint density at radius 1 is 1.15 bits per heavy atom. The topological polar surface area (TPSA) is 84.2 Å². The minimum absolute atomic E-state index is 0.0174. The third-order valence-corrected chi connectivity index (χ3v) is 4.54. The number of aromatic nitrogens is 1. The van der Waals surface area contributed by atoms with Crippen LogP contribution in [0.15, 0.2) is 40.9 Å². The van der Waals surface area contributed by atoms with E-state index >= 15 is 0 Å². The number of rotatable bonds is 9. The molecule has 0 saturated heterocycles. The largest absolute Gasteiger partial charge is 0.360 e. The number of hydrogen-bond acceptors (Lipinski definition) is 5. The predicted molar refractivity (Wildman–Crippen MR) is 104 cm³/mol. The van der Waals surface area contributed by atoms with E-state index in [1.165, 1.54) is 11.8 Å². The van der Waals surface area contributed by atoms with Crippen LogP contribution in [0, 0.1) is 12.8 Å². The number of carbonyl (C=O) groups excluding carboxylic acids is 2. The van der Waals surface area contributed by atoms with Gasteiger partial charge in [-0.15, -0.1) is 11.8 Å². The number of nitrogens with zero attached hydrogens (tertiary/aromatic N) is 1. The van der Waals surface area contributed by atoms with Gasteiger partial charge in [0, 0.05) is 6.07 Å². The molecule has 140 valence electrons. The average Bonchev–Trinajstić information content (AvgIpc) is 2.99. The standard InChI is InChI=1S/C19H25N3O3S/c1-13(2)9-16(15-7-5-4-6-8-15)20-18(23)11-26-12-19(24)21-17-10-14(3)25-22-17/h4-8,10,13,16H,9,11-12H2,1-3H3,(H,20,23)(H,21,22,24). The van der Waals surface area contributed by atoms with Gasteiger partial charge in [0.05, 0.1) is 17.5 Å². The Labute approximate surface area is 158 Å². The molecule has 0 fully saturated rings. The lowest BCUT2D eigenvalue weighted by Gasteiger charge is -2.21. The summed E-state index contributed by atoms with van der Waals surface area (Å²) in [7, 11) is 0. The highest BCUT2D eigenvalue weighted by molar-refractivity contribution is 8.00. The second kappa shape index (κ2) is 10.0. The molecule has 26 heavy (non-hydrogen) atoms. The van der Waals surface area contributed by atoms with Crippen molar-refractivity contribution in [2.24, 2.45) is 5.92 Å². The van der Waals surface area contributed by atoms with Crippen molar-refractivity contribution >= 4 is 29.4 Å². The van der Waals surface area contributed by atoms with E-state index in [-0.39, 0.29) is 29.4 Å².